The number of rotatable bonds is 3. The van der Waals surface area contributed by atoms with E-state index in [-0.39, 0.29) is 11.3 Å². The van der Waals surface area contributed by atoms with Crippen LogP contribution in [0.2, 0.25) is 0 Å². The molecule has 0 aromatic heterocycles. The van der Waals surface area contributed by atoms with Gasteiger partial charge in [-0.05, 0) is 30.7 Å². The quantitative estimate of drug-likeness (QED) is 0.770. The van der Waals surface area contributed by atoms with Crippen LogP contribution < -0.4 is 0 Å². The van der Waals surface area contributed by atoms with Gasteiger partial charge in [0.15, 0.2) is 0 Å². The van der Waals surface area contributed by atoms with Crippen LogP contribution in [0.1, 0.15) is 29.3 Å². The summed E-state index contributed by atoms with van der Waals surface area (Å²) in [4.78, 5) is 10.2. The minimum atomic E-state index is -2.74. The van der Waals surface area contributed by atoms with E-state index in [1.54, 1.807) is 0 Å². The average molecular weight is 281 g/mol. The lowest BCUT2D eigenvalue weighted by atomic mass is 10.1. The molecule has 82 valence electrons. The third-order valence-electron chi connectivity index (χ3n) is 1.84. The molecule has 1 nitrogen and oxygen atoms in total. The summed E-state index contributed by atoms with van der Waals surface area (Å²) in [6, 6.07) is 2.94. The summed E-state index contributed by atoms with van der Waals surface area (Å²) in [6.45, 7) is 1.30. The van der Waals surface area contributed by atoms with Crippen molar-refractivity contribution >= 4 is 21.7 Å². The Hall–Kier alpha value is -0.840. The van der Waals surface area contributed by atoms with E-state index in [1.165, 1.54) is 6.92 Å². The molecule has 1 rings (SSSR count). The van der Waals surface area contributed by atoms with Gasteiger partial charge in [-0.1, -0.05) is 15.9 Å². The number of halogens is 4. The highest BCUT2D eigenvalue weighted by Gasteiger charge is 2.17. The lowest BCUT2D eigenvalue weighted by molar-refractivity contribution is -0.116. The molecule has 0 fully saturated rings. The van der Waals surface area contributed by atoms with Gasteiger partial charge in [-0.25, -0.2) is 13.2 Å². The highest BCUT2D eigenvalue weighted by molar-refractivity contribution is 9.09. The van der Waals surface area contributed by atoms with Crippen molar-refractivity contribution in [2.75, 3.05) is 0 Å². The lowest BCUT2D eigenvalue weighted by Crippen LogP contribution is -2.02. The van der Waals surface area contributed by atoms with Gasteiger partial charge in [-0.15, -0.1) is 0 Å². The van der Waals surface area contributed by atoms with E-state index in [2.05, 4.69) is 15.9 Å². The van der Waals surface area contributed by atoms with Gasteiger partial charge in [0.25, 0.3) is 6.43 Å². The Kier molecular flexibility index (Phi) is 3.90. The fourth-order valence-electron chi connectivity index (χ4n) is 1.14. The van der Waals surface area contributed by atoms with Gasteiger partial charge in [0, 0.05) is 5.56 Å². The second-order valence-electron chi connectivity index (χ2n) is 3.09. The van der Waals surface area contributed by atoms with Gasteiger partial charge in [0.05, 0.1) is 4.83 Å². The molecule has 1 aromatic carbocycles. The van der Waals surface area contributed by atoms with Crippen molar-refractivity contribution in [3.05, 3.63) is 35.1 Å². The Labute approximate surface area is 93.4 Å². The van der Waals surface area contributed by atoms with Gasteiger partial charge >= 0.3 is 0 Å². The highest BCUT2D eigenvalue weighted by Crippen LogP contribution is 2.28. The standard InChI is InChI=1S/C10H8BrF3O/c1-5(15)9(11)6-2-7(10(13)14)4-8(12)3-6/h2-4,9-10H,1H3. The van der Waals surface area contributed by atoms with Crippen LogP contribution in [0.3, 0.4) is 0 Å². The predicted molar refractivity (Wildman–Crippen MR) is 53.7 cm³/mol. The Bertz CT molecular complexity index is 379. The van der Waals surface area contributed by atoms with E-state index in [0.717, 1.165) is 18.2 Å². The van der Waals surface area contributed by atoms with Gasteiger partial charge in [0.2, 0.25) is 0 Å². The SMILES string of the molecule is CC(=O)C(Br)c1cc(F)cc(C(F)F)c1. The normalized spacial score (nSPS) is 12.9. The van der Waals surface area contributed by atoms with Crippen LogP contribution in [0.25, 0.3) is 0 Å². The van der Waals surface area contributed by atoms with Gasteiger partial charge in [-0.3, -0.25) is 4.79 Å². The van der Waals surface area contributed by atoms with E-state index < -0.39 is 22.6 Å². The predicted octanol–water partition coefficient (Wildman–Crippen LogP) is 3.79. The van der Waals surface area contributed by atoms with Gasteiger partial charge < -0.3 is 0 Å². The molecule has 0 aliphatic heterocycles. The molecule has 0 bridgehead atoms. The summed E-state index contributed by atoms with van der Waals surface area (Å²) in [5.74, 6) is -1.03. The number of hydrogen-bond donors (Lipinski definition) is 0. The summed E-state index contributed by atoms with van der Waals surface area (Å²) >= 11 is 3.01. The topological polar surface area (TPSA) is 17.1 Å². The van der Waals surface area contributed by atoms with Crippen LogP contribution in [0.15, 0.2) is 18.2 Å². The first-order chi connectivity index (χ1) is 6.91. The van der Waals surface area contributed by atoms with Crippen LogP contribution >= 0.6 is 15.9 Å². The molecule has 0 amide bonds. The molecular formula is C10H8BrF3O. The van der Waals surface area contributed by atoms with E-state index in [0.29, 0.717) is 0 Å². The maximum atomic E-state index is 12.9. The average Bonchev–Trinajstić information content (AvgIpc) is 2.15. The molecular weight excluding hydrogens is 273 g/mol. The summed E-state index contributed by atoms with van der Waals surface area (Å²) in [6.07, 6.45) is -2.74. The number of carbonyl (C=O) groups is 1. The largest absolute Gasteiger partial charge is 0.298 e. The van der Waals surface area contributed by atoms with E-state index in [4.69, 9.17) is 0 Å². The van der Waals surface area contributed by atoms with Crippen molar-refractivity contribution in [1.29, 1.82) is 0 Å². The molecule has 1 atom stereocenters. The first-order valence-corrected chi connectivity index (χ1v) is 5.06. The fraction of sp³-hybridized carbons (Fsp3) is 0.300. The molecule has 5 heteroatoms. The first kappa shape index (κ1) is 12.2. The third-order valence-corrected chi connectivity index (χ3v) is 3.02. The Morgan fingerprint density at radius 3 is 2.27 bits per heavy atom. The monoisotopic (exact) mass is 280 g/mol. The molecule has 1 unspecified atom stereocenters. The number of benzene rings is 1. The van der Waals surface area contributed by atoms with Crippen molar-refractivity contribution in [3.63, 3.8) is 0 Å². The molecule has 0 heterocycles. The van der Waals surface area contributed by atoms with Crippen molar-refractivity contribution in [2.45, 2.75) is 18.2 Å². The van der Waals surface area contributed by atoms with Crippen LogP contribution in [-0.4, -0.2) is 5.78 Å². The summed E-state index contributed by atoms with van der Waals surface area (Å²) in [7, 11) is 0. The van der Waals surface area contributed by atoms with Crippen LogP contribution in [0, 0.1) is 5.82 Å². The van der Waals surface area contributed by atoms with Gasteiger partial charge in [-0.2, -0.15) is 0 Å². The van der Waals surface area contributed by atoms with Crippen molar-refractivity contribution in [3.8, 4) is 0 Å². The number of hydrogen-bond acceptors (Lipinski definition) is 1. The molecule has 0 aliphatic rings. The molecule has 0 N–H and O–H groups in total. The summed E-state index contributed by atoms with van der Waals surface area (Å²) in [5.41, 5.74) is -0.214. The Morgan fingerprint density at radius 1 is 1.27 bits per heavy atom. The summed E-state index contributed by atoms with van der Waals surface area (Å²) < 4.78 is 37.6. The molecule has 0 saturated heterocycles. The zero-order valence-electron chi connectivity index (χ0n) is 7.81. The third kappa shape index (κ3) is 3.06. The number of carbonyl (C=O) groups excluding carboxylic acids is 1. The maximum absolute atomic E-state index is 12.9. The second-order valence-corrected chi connectivity index (χ2v) is 4.01. The van der Waals surface area contributed by atoms with Crippen molar-refractivity contribution < 1.29 is 18.0 Å². The molecule has 0 radical (unpaired) electrons. The minimum Gasteiger partial charge on any atom is -0.298 e. The molecule has 0 spiro atoms. The van der Waals surface area contributed by atoms with Crippen molar-refractivity contribution in [1.82, 2.24) is 0 Å². The van der Waals surface area contributed by atoms with Crippen molar-refractivity contribution in [2.24, 2.45) is 0 Å². The summed E-state index contributed by atoms with van der Waals surface area (Å²) in [5, 5.41) is 0. The van der Waals surface area contributed by atoms with E-state index in [9.17, 15) is 18.0 Å². The smallest absolute Gasteiger partial charge is 0.263 e. The second kappa shape index (κ2) is 4.79. The zero-order valence-corrected chi connectivity index (χ0v) is 9.39. The lowest BCUT2D eigenvalue weighted by Gasteiger charge is -2.08. The zero-order chi connectivity index (χ0) is 11.6. The first-order valence-electron chi connectivity index (χ1n) is 4.15. The Morgan fingerprint density at radius 2 is 1.80 bits per heavy atom. The fourth-order valence-corrected chi connectivity index (χ4v) is 1.41. The van der Waals surface area contributed by atoms with Crippen LogP contribution in [-0.2, 0) is 4.79 Å². The van der Waals surface area contributed by atoms with Gasteiger partial charge in [0.1, 0.15) is 11.6 Å². The highest BCUT2D eigenvalue weighted by atomic mass is 79.9. The van der Waals surface area contributed by atoms with E-state index >= 15 is 0 Å². The molecule has 1 aromatic rings. The number of ketones is 1. The molecule has 0 aliphatic carbocycles. The van der Waals surface area contributed by atoms with E-state index in [1.807, 2.05) is 0 Å². The van der Waals surface area contributed by atoms with Crippen LogP contribution in [0.5, 0.6) is 0 Å². The number of alkyl halides is 3. The van der Waals surface area contributed by atoms with Crippen LogP contribution in [0.4, 0.5) is 13.2 Å². The minimum absolute atomic E-state index is 0.206. The Balaban J connectivity index is 3.14. The molecule has 0 saturated carbocycles. The number of Topliss-reactive ketones (excluding diaryl/α,β-unsaturated/α-hetero) is 1. The maximum Gasteiger partial charge on any atom is 0.263 e. The molecule has 15 heavy (non-hydrogen) atoms.